The Balaban J connectivity index is 1.61. The molecule has 1 aromatic carbocycles. The summed E-state index contributed by atoms with van der Waals surface area (Å²) in [7, 11) is 0. The van der Waals surface area contributed by atoms with Gasteiger partial charge in [0.1, 0.15) is 0 Å². The molecule has 2 N–H and O–H groups in total. The van der Waals surface area contributed by atoms with Crippen molar-refractivity contribution < 1.29 is 0 Å². The predicted molar refractivity (Wildman–Crippen MR) is 83.4 cm³/mol. The van der Waals surface area contributed by atoms with Gasteiger partial charge in [-0.25, -0.2) is 0 Å². The van der Waals surface area contributed by atoms with E-state index in [9.17, 15) is 0 Å². The van der Waals surface area contributed by atoms with E-state index in [4.69, 9.17) is 5.73 Å². The summed E-state index contributed by atoms with van der Waals surface area (Å²) in [5.74, 6) is 4.83. The molecule has 0 aromatic heterocycles. The van der Waals surface area contributed by atoms with Gasteiger partial charge in [-0.3, -0.25) is 0 Å². The van der Waals surface area contributed by atoms with E-state index in [1.54, 1.807) is 0 Å². The lowest BCUT2D eigenvalue weighted by atomic mass is 9.89. The van der Waals surface area contributed by atoms with Crippen LogP contribution in [0.15, 0.2) is 18.2 Å². The van der Waals surface area contributed by atoms with E-state index < -0.39 is 0 Å². The summed E-state index contributed by atoms with van der Waals surface area (Å²) in [6.07, 6.45) is 6.73. The van der Waals surface area contributed by atoms with Gasteiger partial charge in [0, 0.05) is 6.04 Å². The zero-order valence-corrected chi connectivity index (χ0v) is 12.8. The van der Waals surface area contributed by atoms with E-state index in [0.717, 1.165) is 42.4 Å². The molecule has 1 heteroatoms. The molecule has 3 saturated carbocycles. The first-order chi connectivity index (χ1) is 9.74. The molecule has 0 radical (unpaired) electrons. The molecule has 5 atom stereocenters. The maximum Gasteiger partial charge on any atom is 0.0332 e. The SMILES string of the molecule is CCc1ccc(CC)c(C(N)C2C3C4CCC(C4)C32)c1. The summed E-state index contributed by atoms with van der Waals surface area (Å²) in [6, 6.07) is 7.31. The molecule has 0 heterocycles. The molecule has 0 spiro atoms. The smallest absolute Gasteiger partial charge is 0.0332 e. The lowest BCUT2D eigenvalue weighted by Gasteiger charge is -2.20. The first kappa shape index (κ1) is 12.9. The van der Waals surface area contributed by atoms with Crippen molar-refractivity contribution in [1.82, 2.24) is 0 Å². The Hall–Kier alpha value is -0.820. The summed E-state index contributed by atoms with van der Waals surface area (Å²) in [4.78, 5) is 0. The van der Waals surface area contributed by atoms with Gasteiger partial charge in [-0.2, -0.15) is 0 Å². The van der Waals surface area contributed by atoms with Crippen molar-refractivity contribution in [2.24, 2.45) is 35.3 Å². The molecule has 5 unspecified atom stereocenters. The Morgan fingerprint density at radius 2 is 1.80 bits per heavy atom. The molecule has 1 nitrogen and oxygen atoms in total. The molecule has 3 fully saturated rings. The van der Waals surface area contributed by atoms with Crippen LogP contribution >= 0.6 is 0 Å². The zero-order valence-electron chi connectivity index (χ0n) is 12.8. The standard InChI is InChI=1S/C19H27N/c1-3-11-5-6-12(4-2)15(9-11)19(20)18-16-13-7-8-14(10-13)17(16)18/h5-6,9,13-14,16-19H,3-4,7-8,10,20H2,1-2H3. The topological polar surface area (TPSA) is 26.0 Å². The van der Waals surface area contributed by atoms with Gasteiger partial charge < -0.3 is 5.73 Å². The van der Waals surface area contributed by atoms with Gasteiger partial charge in [0.25, 0.3) is 0 Å². The number of aryl methyl sites for hydroxylation is 2. The van der Waals surface area contributed by atoms with Crippen LogP contribution in [0.1, 0.15) is 55.8 Å². The lowest BCUT2D eigenvalue weighted by molar-refractivity contribution is 0.416. The van der Waals surface area contributed by atoms with Crippen LogP contribution in [0, 0.1) is 29.6 Å². The molecular weight excluding hydrogens is 242 g/mol. The highest BCUT2D eigenvalue weighted by molar-refractivity contribution is 5.36. The zero-order chi connectivity index (χ0) is 13.9. The van der Waals surface area contributed by atoms with Gasteiger partial charge in [-0.05, 0) is 78.4 Å². The van der Waals surface area contributed by atoms with E-state index in [0.29, 0.717) is 6.04 Å². The minimum absolute atomic E-state index is 0.301. The Morgan fingerprint density at radius 3 is 2.40 bits per heavy atom. The lowest BCUT2D eigenvalue weighted by Crippen LogP contribution is -2.19. The minimum atomic E-state index is 0.301. The van der Waals surface area contributed by atoms with E-state index in [2.05, 4.69) is 32.0 Å². The van der Waals surface area contributed by atoms with E-state index >= 15 is 0 Å². The van der Waals surface area contributed by atoms with E-state index in [1.165, 1.54) is 36.0 Å². The molecular formula is C19H27N. The highest BCUT2D eigenvalue weighted by Gasteiger charge is 2.66. The first-order valence-corrected chi connectivity index (χ1v) is 8.61. The second-order valence-corrected chi connectivity index (χ2v) is 7.33. The number of nitrogens with two attached hydrogens (primary N) is 1. The number of rotatable bonds is 4. The molecule has 3 aliphatic carbocycles. The van der Waals surface area contributed by atoms with Gasteiger partial charge >= 0.3 is 0 Å². The van der Waals surface area contributed by atoms with Crippen molar-refractivity contribution in [1.29, 1.82) is 0 Å². The molecule has 0 amide bonds. The van der Waals surface area contributed by atoms with Gasteiger partial charge in [0.15, 0.2) is 0 Å². The van der Waals surface area contributed by atoms with Crippen molar-refractivity contribution in [2.45, 2.75) is 52.0 Å². The molecule has 108 valence electrons. The van der Waals surface area contributed by atoms with Crippen LogP contribution in [0.4, 0.5) is 0 Å². The van der Waals surface area contributed by atoms with Crippen LogP contribution in [0.2, 0.25) is 0 Å². The molecule has 4 rings (SSSR count). The maximum absolute atomic E-state index is 6.74. The maximum atomic E-state index is 6.74. The van der Waals surface area contributed by atoms with Gasteiger partial charge in [0.2, 0.25) is 0 Å². The van der Waals surface area contributed by atoms with Crippen LogP contribution in [0.25, 0.3) is 0 Å². The Kier molecular flexibility index (Phi) is 2.96. The van der Waals surface area contributed by atoms with Crippen LogP contribution in [-0.2, 0) is 12.8 Å². The van der Waals surface area contributed by atoms with Crippen molar-refractivity contribution in [2.75, 3.05) is 0 Å². The summed E-state index contributed by atoms with van der Waals surface area (Å²) in [5, 5.41) is 0. The Bertz CT molecular complexity index is 504. The number of benzene rings is 1. The van der Waals surface area contributed by atoms with Crippen molar-refractivity contribution in [3.05, 3.63) is 34.9 Å². The number of hydrogen-bond acceptors (Lipinski definition) is 1. The minimum Gasteiger partial charge on any atom is -0.324 e. The monoisotopic (exact) mass is 269 g/mol. The highest BCUT2D eigenvalue weighted by Crippen LogP contribution is 2.71. The first-order valence-electron chi connectivity index (χ1n) is 8.61. The average molecular weight is 269 g/mol. The van der Waals surface area contributed by atoms with Gasteiger partial charge in [0.05, 0.1) is 0 Å². The summed E-state index contributed by atoms with van der Waals surface area (Å²) in [6.45, 7) is 4.50. The van der Waals surface area contributed by atoms with Crippen LogP contribution in [-0.4, -0.2) is 0 Å². The van der Waals surface area contributed by atoms with Gasteiger partial charge in [-0.15, -0.1) is 0 Å². The van der Waals surface area contributed by atoms with Crippen molar-refractivity contribution >= 4 is 0 Å². The molecule has 3 aliphatic rings. The summed E-state index contributed by atoms with van der Waals surface area (Å²) >= 11 is 0. The third-order valence-electron chi connectivity index (χ3n) is 6.57. The number of fused-ring (bicyclic) bond motifs is 5. The molecule has 20 heavy (non-hydrogen) atoms. The summed E-state index contributed by atoms with van der Waals surface area (Å²) in [5.41, 5.74) is 11.1. The van der Waals surface area contributed by atoms with Gasteiger partial charge in [-0.1, -0.05) is 32.0 Å². The molecule has 2 bridgehead atoms. The van der Waals surface area contributed by atoms with E-state index in [1.807, 2.05) is 0 Å². The van der Waals surface area contributed by atoms with Crippen LogP contribution < -0.4 is 5.73 Å². The molecule has 0 aliphatic heterocycles. The molecule has 0 saturated heterocycles. The third-order valence-corrected chi connectivity index (χ3v) is 6.57. The quantitative estimate of drug-likeness (QED) is 0.875. The number of hydrogen-bond donors (Lipinski definition) is 1. The fraction of sp³-hybridized carbons (Fsp3) is 0.684. The Labute approximate surface area is 122 Å². The second-order valence-electron chi connectivity index (χ2n) is 7.33. The fourth-order valence-corrected chi connectivity index (χ4v) is 5.58. The van der Waals surface area contributed by atoms with Crippen LogP contribution in [0.5, 0.6) is 0 Å². The van der Waals surface area contributed by atoms with Crippen molar-refractivity contribution in [3.63, 3.8) is 0 Å². The highest BCUT2D eigenvalue weighted by atomic mass is 14.8. The normalized spacial score (nSPS) is 38.9. The average Bonchev–Trinajstić information content (AvgIpc) is 2.93. The summed E-state index contributed by atoms with van der Waals surface area (Å²) < 4.78 is 0. The Morgan fingerprint density at radius 1 is 1.10 bits per heavy atom. The van der Waals surface area contributed by atoms with Crippen LogP contribution in [0.3, 0.4) is 0 Å². The third kappa shape index (κ3) is 1.72. The largest absolute Gasteiger partial charge is 0.324 e. The second kappa shape index (κ2) is 4.59. The van der Waals surface area contributed by atoms with Crippen molar-refractivity contribution in [3.8, 4) is 0 Å². The fourth-order valence-electron chi connectivity index (χ4n) is 5.58. The van der Waals surface area contributed by atoms with E-state index in [-0.39, 0.29) is 0 Å². The molecule has 1 aromatic rings. The predicted octanol–water partition coefficient (Wildman–Crippen LogP) is 4.10.